The van der Waals surface area contributed by atoms with Crippen LogP contribution >= 0.6 is 0 Å². The lowest BCUT2D eigenvalue weighted by Crippen LogP contribution is -2.49. The van der Waals surface area contributed by atoms with E-state index in [0.717, 1.165) is 47.8 Å². The number of rotatable bonds is 11. The number of nitrogens with zero attached hydrogens (tertiary/aromatic N) is 3. The summed E-state index contributed by atoms with van der Waals surface area (Å²) in [6.07, 6.45) is 4.80. The zero-order chi connectivity index (χ0) is 27.4. The third-order valence-electron chi connectivity index (χ3n) is 7.72. The quantitative estimate of drug-likeness (QED) is 0.294. The Bertz CT molecular complexity index is 1290. The molecule has 39 heavy (non-hydrogen) atoms. The monoisotopic (exact) mass is 534 g/mol. The summed E-state index contributed by atoms with van der Waals surface area (Å²) in [4.78, 5) is 23.9. The molecule has 3 heterocycles. The first-order chi connectivity index (χ1) is 18.9. The lowest BCUT2D eigenvalue weighted by Gasteiger charge is -2.30. The largest absolute Gasteiger partial charge is 0.486 e. The Balaban J connectivity index is 1.16. The van der Waals surface area contributed by atoms with E-state index in [2.05, 4.69) is 20.9 Å². The molecular weight excluding hydrogens is 496 g/mol. The number of carbonyl (C=O) groups excluding carboxylic acids is 1. The molecule has 208 valence electrons. The van der Waals surface area contributed by atoms with Crippen molar-refractivity contribution in [2.24, 2.45) is 0 Å². The van der Waals surface area contributed by atoms with Crippen LogP contribution < -0.4 is 25.6 Å². The van der Waals surface area contributed by atoms with Crippen molar-refractivity contribution >= 4 is 17.5 Å². The van der Waals surface area contributed by atoms with Gasteiger partial charge in [0.25, 0.3) is 5.91 Å². The molecule has 1 aromatic carbocycles. The summed E-state index contributed by atoms with van der Waals surface area (Å²) in [7, 11) is 1.96. The van der Waals surface area contributed by atoms with Crippen LogP contribution in [0.3, 0.4) is 0 Å². The van der Waals surface area contributed by atoms with Gasteiger partial charge in [-0.25, -0.2) is 9.97 Å². The first-order valence-corrected chi connectivity index (χ1v) is 13.7. The predicted octanol–water partition coefficient (Wildman–Crippen LogP) is 3.18. The highest BCUT2D eigenvalue weighted by Crippen LogP contribution is 2.26. The van der Waals surface area contributed by atoms with E-state index in [1.54, 1.807) is 12.1 Å². The molecule has 1 aliphatic heterocycles. The van der Waals surface area contributed by atoms with Crippen LogP contribution in [-0.4, -0.2) is 59.3 Å². The number of benzene rings is 1. The number of aromatic nitrogens is 2. The second-order valence-corrected chi connectivity index (χ2v) is 10.4. The van der Waals surface area contributed by atoms with Crippen molar-refractivity contribution in [1.29, 1.82) is 0 Å². The van der Waals surface area contributed by atoms with Gasteiger partial charge in [0, 0.05) is 44.3 Å². The van der Waals surface area contributed by atoms with Gasteiger partial charge in [-0.15, -0.1) is 0 Å². The Morgan fingerprint density at radius 2 is 2.13 bits per heavy atom. The SMILES string of the molecule is CCN(C)c1cc(C(=O)NCC(O)[C@@H]2Cc3ccc(OCc4ocnc4C)cc3CN2)cc(NC2CCC2)n1. The van der Waals surface area contributed by atoms with Gasteiger partial charge in [0.15, 0.2) is 12.2 Å². The van der Waals surface area contributed by atoms with Crippen molar-refractivity contribution < 1.29 is 19.1 Å². The summed E-state index contributed by atoms with van der Waals surface area (Å²) < 4.78 is 11.2. The fourth-order valence-corrected chi connectivity index (χ4v) is 4.77. The molecule has 0 bridgehead atoms. The van der Waals surface area contributed by atoms with Crippen LogP contribution in [0.15, 0.2) is 41.1 Å². The highest BCUT2D eigenvalue weighted by atomic mass is 16.5. The first-order valence-electron chi connectivity index (χ1n) is 13.7. The smallest absolute Gasteiger partial charge is 0.251 e. The second kappa shape index (κ2) is 12.0. The molecule has 2 aliphatic rings. The van der Waals surface area contributed by atoms with Crippen LogP contribution in [0.1, 0.15) is 59.1 Å². The van der Waals surface area contributed by atoms with Gasteiger partial charge in [0.05, 0.1) is 11.8 Å². The predicted molar refractivity (Wildman–Crippen MR) is 149 cm³/mol. The van der Waals surface area contributed by atoms with Crippen LogP contribution in [0.2, 0.25) is 0 Å². The average molecular weight is 535 g/mol. The molecule has 1 aliphatic carbocycles. The van der Waals surface area contributed by atoms with E-state index in [0.29, 0.717) is 42.8 Å². The number of aryl methyl sites for hydroxylation is 1. The van der Waals surface area contributed by atoms with Crippen molar-refractivity contribution in [2.75, 3.05) is 30.4 Å². The minimum absolute atomic E-state index is 0.149. The number of carbonyl (C=O) groups is 1. The second-order valence-electron chi connectivity index (χ2n) is 10.4. The van der Waals surface area contributed by atoms with E-state index >= 15 is 0 Å². The standard InChI is InChI=1S/C29H38N6O4/c1-4-35(3)28-13-20(12-27(34-28)33-22-6-5-7-22)29(37)31-15-25(36)24-11-19-8-9-23(10-21(19)14-30-24)38-16-26-18(2)32-17-39-26/h8-10,12-13,17,22,24-25,30,36H,4-7,11,14-16H2,1-3H3,(H,31,37)(H,33,34)/t24-,25?/m0/s1. The van der Waals surface area contributed by atoms with Gasteiger partial charge < -0.3 is 35.1 Å². The van der Waals surface area contributed by atoms with Crippen LogP contribution in [0.5, 0.6) is 5.75 Å². The fourth-order valence-electron chi connectivity index (χ4n) is 4.77. The third-order valence-corrected chi connectivity index (χ3v) is 7.72. The Labute approximate surface area is 229 Å². The molecule has 10 heteroatoms. The molecule has 3 aromatic rings. The Morgan fingerprint density at radius 1 is 1.28 bits per heavy atom. The van der Waals surface area contributed by atoms with Crippen molar-refractivity contribution in [3.63, 3.8) is 0 Å². The molecule has 10 nitrogen and oxygen atoms in total. The van der Waals surface area contributed by atoms with Crippen LogP contribution in [-0.2, 0) is 19.6 Å². The lowest BCUT2D eigenvalue weighted by atomic mass is 9.92. The van der Waals surface area contributed by atoms with E-state index < -0.39 is 6.10 Å². The van der Waals surface area contributed by atoms with E-state index in [-0.39, 0.29) is 18.5 Å². The minimum Gasteiger partial charge on any atom is -0.486 e. The van der Waals surface area contributed by atoms with Crippen molar-refractivity contribution in [2.45, 2.75) is 70.9 Å². The molecule has 1 saturated carbocycles. The fraction of sp³-hybridized carbons (Fsp3) is 0.483. The number of hydrogen-bond donors (Lipinski definition) is 4. The molecule has 4 N–H and O–H groups in total. The summed E-state index contributed by atoms with van der Waals surface area (Å²) in [6.45, 7) is 5.80. The van der Waals surface area contributed by atoms with Gasteiger partial charge in [-0.1, -0.05) is 6.07 Å². The Hall–Kier alpha value is -3.63. The van der Waals surface area contributed by atoms with Gasteiger partial charge >= 0.3 is 0 Å². The topological polar surface area (TPSA) is 125 Å². The van der Waals surface area contributed by atoms with E-state index in [9.17, 15) is 9.90 Å². The van der Waals surface area contributed by atoms with Crippen molar-refractivity contribution in [3.8, 4) is 5.75 Å². The number of hydrogen-bond acceptors (Lipinski definition) is 9. The van der Waals surface area contributed by atoms with Crippen LogP contribution in [0.4, 0.5) is 11.6 Å². The summed E-state index contributed by atoms with van der Waals surface area (Å²) in [6, 6.07) is 9.83. The number of nitrogens with one attached hydrogen (secondary N) is 3. The number of fused-ring (bicyclic) bond motifs is 1. The van der Waals surface area contributed by atoms with Crippen molar-refractivity contribution in [1.82, 2.24) is 20.6 Å². The van der Waals surface area contributed by atoms with Crippen LogP contribution in [0.25, 0.3) is 0 Å². The minimum atomic E-state index is -0.736. The Kier molecular flexibility index (Phi) is 8.33. The zero-order valence-electron chi connectivity index (χ0n) is 22.9. The number of anilines is 2. The summed E-state index contributed by atoms with van der Waals surface area (Å²) in [5, 5.41) is 20.7. The maximum absolute atomic E-state index is 13.1. The molecule has 2 aromatic heterocycles. The normalized spacial score (nSPS) is 17.6. The third kappa shape index (κ3) is 6.51. The number of ether oxygens (including phenoxy) is 1. The Morgan fingerprint density at radius 3 is 2.85 bits per heavy atom. The van der Waals surface area contributed by atoms with Crippen LogP contribution in [0, 0.1) is 6.92 Å². The summed E-state index contributed by atoms with van der Waals surface area (Å²) in [5.41, 5.74) is 3.64. The summed E-state index contributed by atoms with van der Waals surface area (Å²) in [5.74, 6) is 2.71. The highest BCUT2D eigenvalue weighted by molar-refractivity contribution is 5.95. The van der Waals surface area contributed by atoms with Gasteiger partial charge in [0.1, 0.15) is 24.0 Å². The molecule has 1 fully saturated rings. The molecule has 1 unspecified atom stereocenters. The molecule has 0 saturated heterocycles. The van der Waals surface area contributed by atoms with Gasteiger partial charge in [-0.2, -0.15) is 0 Å². The number of amides is 1. The molecule has 0 spiro atoms. The number of oxazole rings is 1. The molecule has 1 amide bonds. The van der Waals surface area contributed by atoms with Gasteiger partial charge in [-0.3, -0.25) is 4.79 Å². The maximum atomic E-state index is 13.1. The van der Waals surface area contributed by atoms with E-state index in [4.69, 9.17) is 14.1 Å². The number of pyridine rings is 1. The zero-order valence-corrected chi connectivity index (χ0v) is 22.9. The van der Waals surface area contributed by atoms with Gasteiger partial charge in [0.2, 0.25) is 0 Å². The molecular formula is C29H38N6O4. The average Bonchev–Trinajstić information content (AvgIpc) is 3.35. The first kappa shape index (κ1) is 27.0. The van der Waals surface area contributed by atoms with E-state index in [1.165, 1.54) is 12.8 Å². The number of aliphatic hydroxyl groups is 1. The van der Waals surface area contributed by atoms with Gasteiger partial charge in [-0.05, 0) is 74.9 Å². The lowest BCUT2D eigenvalue weighted by molar-refractivity contribution is 0.0870. The number of aliphatic hydroxyl groups excluding tert-OH is 1. The molecule has 0 radical (unpaired) electrons. The maximum Gasteiger partial charge on any atom is 0.251 e. The van der Waals surface area contributed by atoms with Crippen molar-refractivity contribution in [3.05, 3.63) is 64.9 Å². The summed E-state index contributed by atoms with van der Waals surface area (Å²) >= 11 is 0. The highest BCUT2D eigenvalue weighted by Gasteiger charge is 2.26. The molecule has 2 atom stereocenters. The van der Waals surface area contributed by atoms with E-state index in [1.807, 2.05) is 44.0 Å². The molecule has 5 rings (SSSR count).